The molecule has 0 saturated carbocycles. The molecule has 0 saturated heterocycles. The number of aromatic nitrogens is 6. The lowest BCUT2D eigenvalue weighted by Gasteiger charge is -1.91. The summed E-state index contributed by atoms with van der Waals surface area (Å²) in [6.07, 6.45) is 3.28. The fraction of sp³-hybridized carbons (Fsp3) is 0. The summed E-state index contributed by atoms with van der Waals surface area (Å²) in [5, 5.41) is 14.2. The van der Waals surface area contributed by atoms with Crippen molar-refractivity contribution in [2.24, 2.45) is 0 Å². The number of hydrogen-bond acceptors (Lipinski definition) is 4. The van der Waals surface area contributed by atoms with E-state index in [-0.39, 0.29) is 0 Å². The number of rotatable bonds is 0. The number of fused-ring (bicyclic) bond motifs is 3. The summed E-state index contributed by atoms with van der Waals surface area (Å²) in [4.78, 5) is 4.14. The average Bonchev–Trinajstić information content (AvgIpc) is 2.66. The molecule has 0 aliphatic carbocycles. The second kappa shape index (κ2) is 2.13. The maximum Gasteiger partial charge on any atom is 0.208 e. The molecule has 3 rings (SSSR count). The predicted octanol–water partition coefficient (Wildman–Crippen LogP) is 0.663. The number of nitrogens with one attached hydrogen (secondary N) is 2. The van der Waals surface area contributed by atoms with Gasteiger partial charge in [0.05, 0.1) is 11.6 Å². The predicted molar refractivity (Wildman–Crippen MR) is 47.8 cm³/mol. The highest BCUT2D eigenvalue weighted by atomic mass is 32.1. The Labute approximate surface area is 76.6 Å². The quantitative estimate of drug-likeness (QED) is 0.513. The van der Waals surface area contributed by atoms with Gasteiger partial charge in [-0.2, -0.15) is 15.2 Å². The summed E-state index contributed by atoms with van der Waals surface area (Å²) in [5.41, 5.74) is 1.48. The average molecular weight is 192 g/mol. The molecule has 2 N–H and O–H groups in total. The first-order valence-corrected chi connectivity index (χ1v) is 4.02. The maximum absolute atomic E-state index is 5.04. The highest BCUT2D eigenvalue weighted by Gasteiger charge is 2.04. The minimum Gasteiger partial charge on any atom is -0.261 e. The van der Waals surface area contributed by atoms with E-state index in [0.29, 0.717) is 10.4 Å². The monoisotopic (exact) mass is 192 g/mol. The van der Waals surface area contributed by atoms with Gasteiger partial charge in [0.2, 0.25) is 4.77 Å². The van der Waals surface area contributed by atoms with Crippen LogP contribution in [0.25, 0.3) is 16.7 Å². The van der Waals surface area contributed by atoms with Crippen LogP contribution in [0.1, 0.15) is 0 Å². The van der Waals surface area contributed by atoms with Crippen LogP contribution in [0.3, 0.4) is 0 Å². The van der Waals surface area contributed by atoms with Gasteiger partial charge in [0, 0.05) is 0 Å². The Balaban J connectivity index is 2.79. The van der Waals surface area contributed by atoms with Gasteiger partial charge in [0.25, 0.3) is 0 Å². The molecule has 6 nitrogen and oxygen atoms in total. The molecule has 0 bridgehead atoms. The molecule has 13 heavy (non-hydrogen) atoms. The first-order chi connectivity index (χ1) is 6.36. The van der Waals surface area contributed by atoms with E-state index >= 15 is 0 Å². The van der Waals surface area contributed by atoms with Crippen molar-refractivity contribution in [2.75, 3.05) is 0 Å². The van der Waals surface area contributed by atoms with Gasteiger partial charge >= 0.3 is 0 Å². The summed E-state index contributed by atoms with van der Waals surface area (Å²) in [6.45, 7) is 0. The van der Waals surface area contributed by atoms with Crippen molar-refractivity contribution in [3.05, 3.63) is 17.3 Å². The van der Waals surface area contributed by atoms with Crippen LogP contribution in [0.4, 0.5) is 0 Å². The molecule has 0 atom stereocenters. The summed E-state index contributed by atoms with van der Waals surface area (Å²) >= 11 is 5.04. The van der Waals surface area contributed by atoms with Crippen LogP contribution in [0.15, 0.2) is 12.5 Å². The lowest BCUT2D eigenvalue weighted by Crippen LogP contribution is -1.90. The van der Waals surface area contributed by atoms with E-state index in [4.69, 9.17) is 12.2 Å². The molecule has 0 unspecified atom stereocenters. The fourth-order valence-electron chi connectivity index (χ4n) is 1.28. The number of H-pyrrole nitrogens is 2. The zero-order chi connectivity index (χ0) is 8.84. The van der Waals surface area contributed by atoms with Crippen LogP contribution in [0, 0.1) is 4.77 Å². The second-order valence-corrected chi connectivity index (χ2v) is 2.97. The molecule has 0 aliphatic heterocycles. The van der Waals surface area contributed by atoms with Crippen molar-refractivity contribution in [2.45, 2.75) is 0 Å². The van der Waals surface area contributed by atoms with Gasteiger partial charge in [-0.25, -0.2) is 0 Å². The third-order valence-electron chi connectivity index (χ3n) is 1.87. The summed E-state index contributed by atoms with van der Waals surface area (Å²) in [6, 6.07) is 0. The van der Waals surface area contributed by atoms with Crippen molar-refractivity contribution in [1.82, 2.24) is 29.8 Å². The van der Waals surface area contributed by atoms with Crippen molar-refractivity contribution in [1.29, 1.82) is 0 Å². The SMILES string of the molecule is S=c1nc2[nH]ncc2c2[nH]ncn12. The molecule has 0 amide bonds. The largest absolute Gasteiger partial charge is 0.261 e. The zero-order valence-corrected chi connectivity index (χ0v) is 7.17. The van der Waals surface area contributed by atoms with Gasteiger partial charge in [-0.05, 0) is 12.2 Å². The molecule has 0 spiro atoms. The Bertz CT molecular complexity index is 631. The lowest BCUT2D eigenvalue weighted by molar-refractivity contribution is 1.04. The Hall–Kier alpha value is -1.76. The van der Waals surface area contributed by atoms with E-state index in [0.717, 1.165) is 11.0 Å². The molecule has 3 aromatic rings. The molecule has 0 fully saturated rings. The van der Waals surface area contributed by atoms with Crippen molar-refractivity contribution in [3.63, 3.8) is 0 Å². The van der Waals surface area contributed by atoms with Gasteiger partial charge < -0.3 is 0 Å². The van der Waals surface area contributed by atoms with Crippen molar-refractivity contribution in [3.8, 4) is 0 Å². The summed E-state index contributed by atoms with van der Waals surface area (Å²) < 4.78 is 2.16. The molecular formula is C6H4N6S. The van der Waals surface area contributed by atoms with Crippen LogP contribution >= 0.6 is 12.2 Å². The third-order valence-corrected chi connectivity index (χ3v) is 2.16. The molecule has 0 radical (unpaired) electrons. The standard InChI is InChI=1S/C6H4N6S/c13-6-9-4-3(1-7-10-4)5-11-8-2-12(5)6/h1-2,11H,(H,9,10,13). The Morgan fingerprint density at radius 2 is 2.23 bits per heavy atom. The van der Waals surface area contributed by atoms with Crippen molar-refractivity contribution >= 4 is 28.9 Å². The van der Waals surface area contributed by atoms with Gasteiger partial charge in [-0.15, -0.1) is 0 Å². The molecular weight excluding hydrogens is 188 g/mol. The second-order valence-electron chi connectivity index (χ2n) is 2.60. The van der Waals surface area contributed by atoms with Crippen LogP contribution in [-0.2, 0) is 0 Å². The van der Waals surface area contributed by atoms with E-state index in [1.165, 1.54) is 0 Å². The van der Waals surface area contributed by atoms with Gasteiger partial charge in [-0.1, -0.05) is 0 Å². The first kappa shape index (κ1) is 6.72. The molecule has 3 heterocycles. The van der Waals surface area contributed by atoms with Gasteiger partial charge in [0.1, 0.15) is 12.0 Å². The van der Waals surface area contributed by atoms with E-state index in [9.17, 15) is 0 Å². The Kier molecular flexibility index (Phi) is 1.10. The number of aromatic amines is 2. The van der Waals surface area contributed by atoms with Gasteiger partial charge in [-0.3, -0.25) is 14.6 Å². The lowest BCUT2D eigenvalue weighted by atomic mass is 10.4. The normalized spacial score (nSPS) is 11.4. The fourth-order valence-corrected chi connectivity index (χ4v) is 1.51. The van der Waals surface area contributed by atoms with Crippen LogP contribution in [-0.4, -0.2) is 29.8 Å². The van der Waals surface area contributed by atoms with Crippen LogP contribution in [0.5, 0.6) is 0 Å². The Morgan fingerprint density at radius 3 is 3.15 bits per heavy atom. The van der Waals surface area contributed by atoms with E-state index in [2.05, 4.69) is 25.4 Å². The minimum atomic E-state index is 0.459. The first-order valence-electron chi connectivity index (χ1n) is 3.61. The number of hydrogen-bond donors (Lipinski definition) is 2. The molecule has 7 heteroatoms. The molecule has 64 valence electrons. The smallest absolute Gasteiger partial charge is 0.208 e. The van der Waals surface area contributed by atoms with Crippen LogP contribution in [0.2, 0.25) is 0 Å². The van der Waals surface area contributed by atoms with Crippen molar-refractivity contribution < 1.29 is 0 Å². The summed E-state index contributed by atoms with van der Waals surface area (Å²) in [7, 11) is 0. The third kappa shape index (κ3) is 0.760. The van der Waals surface area contributed by atoms with E-state index in [1.54, 1.807) is 16.9 Å². The molecule has 0 aliphatic rings. The molecule has 3 aromatic heterocycles. The van der Waals surface area contributed by atoms with E-state index < -0.39 is 0 Å². The minimum absolute atomic E-state index is 0.459. The van der Waals surface area contributed by atoms with Crippen LogP contribution < -0.4 is 0 Å². The Morgan fingerprint density at radius 1 is 1.31 bits per heavy atom. The van der Waals surface area contributed by atoms with E-state index in [1.807, 2.05) is 0 Å². The maximum atomic E-state index is 5.04. The zero-order valence-electron chi connectivity index (χ0n) is 6.35. The number of nitrogens with zero attached hydrogens (tertiary/aromatic N) is 4. The molecule has 0 aromatic carbocycles. The van der Waals surface area contributed by atoms with Gasteiger partial charge in [0.15, 0.2) is 5.65 Å². The summed E-state index contributed by atoms with van der Waals surface area (Å²) in [5.74, 6) is 0. The highest BCUT2D eigenvalue weighted by Crippen LogP contribution is 2.12. The highest BCUT2D eigenvalue weighted by molar-refractivity contribution is 7.71. The topological polar surface area (TPSA) is 74.7 Å².